The van der Waals surface area contributed by atoms with Gasteiger partial charge in [-0.15, -0.1) is 0 Å². The summed E-state index contributed by atoms with van der Waals surface area (Å²) in [6.07, 6.45) is 0.944. The molecule has 3 N–H and O–H groups in total. The first kappa shape index (κ1) is 14.4. The summed E-state index contributed by atoms with van der Waals surface area (Å²) in [5.41, 5.74) is 5.62. The van der Waals surface area contributed by atoms with Crippen LogP contribution in [0.25, 0.3) is 0 Å². The van der Waals surface area contributed by atoms with Gasteiger partial charge in [-0.3, -0.25) is 9.69 Å². The van der Waals surface area contributed by atoms with Gasteiger partial charge in [0, 0.05) is 25.2 Å². The number of nitrogens with zero attached hydrogens (tertiary/aromatic N) is 1. The van der Waals surface area contributed by atoms with Gasteiger partial charge < -0.3 is 15.8 Å². The van der Waals surface area contributed by atoms with Crippen LogP contribution in [0.1, 0.15) is 27.2 Å². The summed E-state index contributed by atoms with van der Waals surface area (Å²) in [7, 11) is 0. The molecule has 1 amide bonds. The van der Waals surface area contributed by atoms with E-state index >= 15 is 0 Å². The summed E-state index contributed by atoms with van der Waals surface area (Å²) in [6.45, 7) is 9.31. The Kier molecular flexibility index (Phi) is 5.36. The zero-order valence-electron chi connectivity index (χ0n) is 11.2. The molecule has 17 heavy (non-hydrogen) atoms. The van der Waals surface area contributed by atoms with Crippen LogP contribution in [0.2, 0.25) is 0 Å². The minimum atomic E-state index is -0.214. The second kappa shape index (κ2) is 6.33. The number of carbonyl (C=O) groups excluding carboxylic acids is 1. The summed E-state index contributed by atoms with van der Waals surface area (Å²) < 4.78 is 5.41. The van der Waals surface area contributed by atoms with E-state index in [0.717, 1.165) is 13.0 Å². The molecule has 5 nitrogen and oxygen atoms in total. The smallest absolute Gasteiger partial charge is 0.239 e. The number of hydrogen-bond acceptors (Lipinski definition) is 4. The molecule has 0 bridgehead atoms. The van der Waals surface area contributed by atoms with E-state index in [-0.39, 0.29) is 17.5 Å². The molecular weight excluding hydrogens is 218 g/mol. The standard InChI is InChI=1S/C12H25N3O2/c1-4-5-14-11(16)10-8-17-7-6-15(10)12(2,3)9-13/h10H,4-9,13H2,1-3H3,(H,14,16). The molecule has 1 unspecified atom stereocenters. The first-order valence-corrected chi connectivity index (χ1v) is 6.35. The molecule has 1 saturated heterocycles. The SMILES string of the molecule is CCCNC(=O)C1COCCN1C(C)(C)CN. The van der Waals surface area contributed by atoms with Crippen LogP contribution in [0.3, 0.4) is 0 Å². The van der Waals surface area contributed by atoms with Crippen molar-refractivity contribution in [1.29, 1.82) is 0 Å². The monoisotopic (exact) mass is 243 g/mol. The minimum absolute atomic E-state index is 0.0491. The van der Waals surface area contributed by atoms with Gasteiger partial charge in [-0.1, -0.05) is 6.92 Å². The number of carbonyl (C=O) groups is 1. The quantitative estimate of drug-likeness (QED) is 0.710. The molecule has 0 saturated carbocycles. The lowest BCUT2D eigenvalue weighted by Gasteiger charge is -2.44. The highest BCUT2D eigenvalue weighted by molar-refractivity contribution is 5.82. The Labute approximate surface area is 104 Å². The molecule has 1 heterocycles. The first-order valence-electron chi connectivity index (χ1n) is 6.35. The Morgan fingerprint density at radius 3 is 2.88 bits per heavy atom. The molecule has 1 aliphatic heterocycles. The molecule has 0 aromatic carbocycles. The van der Waals surface area contributed by atoms with Gasteiger partial charge in [0.25, 0.3) is 0 Å². The maximum absolute atomic E-state index is 12.1. The van der Waals surface area contributed by atoms with Gasteiger partial charge in [0.1, 0.15) is 6.04 Å². The highest BCUT2D eigenvalue weighted by Crippen LogP contribution is 2.19. The predicted octanol–water partition coefficient (Wildman–Crippen LogP) is -0.0493. The zero-order chi connectivity index (χ0) is 12.9. The van der Waals surface area contributed by atoms with Gasteiger partial charge in [0.05, 0.1) is 13.2 Å². The molecule has 1 atom stereocenters. The lowest BCUT2D eigenvalue weighted by Crippen LogP contribution is -2.63. The number of nitrogens with one attached hydrogen (secondary N) is 1. The number of hydrogen-bond donors (Lipinski definition) is 2. The molecule has 1 fully saturated rings. The van der Waals surface area contributed by atoms with E-state index < -0.39 is 0 Å². The van der Waals surface area contributed by atoms with E-state index in [1.807, 2.05) is 6.92 Å². The third kappa shape index (κ3) is 3.66. The second-order valence-electron chi connectivity index (χ2n) is 5.09. The van der Waals surface area contributed by atoms with Gasteiger partial charge in [-0.25, -0.2) is 0 Å². The van der Waals surface area contributed by atoms with Crippen LogP contribution in [-0.2, 0) is 9.53 Å². The number of nitrogens with two attached hydrogens (primary N) is 1. The molecular formula is C12H25N3O2. The molecule has 100 valence electrons. The van der Waals surface area contributed by atoms with E-state index in [1.54, 1.807) is 0 Å². The summed E-state index contributed by atoms with van der Waals surface area (Å²) in [6, 6.07) is -0.214. The molecule has 0 aromatic rings. The van der Waals surface area contributed by atoms with Crippen molar-refractivity contribution in [1.82, 2.24) is 10.2 Å². The van der Waals surface area contributed by atoms with Crippen LogP contribution in [0.5, 0.6) is 0 Å². The molecule has 0 aliphatic carbocycles. The van der Waals surface area contributed by atoms with Crippen LogP contribution in [0.4, 0.5) is 0 Å². The van der Waals surface area contributed by atoms with Crippen molar-refractivity contribution in [2.24, 2.45) is 5.73 Å². The van der Waals surface area contributed by atoms with Crippen molar-refractivity contribution in [2.75, 3.05) is 32.8 Å². The van der Waals surface area contributed by atoms with E-state index in [9.17, 15) is 4.79 Å². The van der Waals surface area contributed by atoms with Crippen molar-refractivity contribution in [3.63, 3.8) is 0 Å². The minimum Gasteiger partial charge on any atom is -0.378 e. The maximum atomic E-state index is 12.1. The lowest BCUT2D eigenvalue weighted by molar-refractivity contribution is -0.137. The lowest BCUT2D eigenvalue weighted by atomic mass is 9.99. The van der Waals surface area contributed by atoms with Crippen LogP contribution in [-0.4, -0.2) is 55.2 Å². The second-order valence-corrected chi connectivity index (χ2v) is 5.09. The van der Waals surface area contributed by atoms with Crippen LogP contribution in [0, 0.1) is 0 Å². The van der Waals surface area contributed by atoms with Crippen LogP contribution >= 0.6 is 0 Å². The maximum Gasteiger partial charge on any atom is 0.239 e. The normalized spacial score (nSPS) is 22.5. The van der Waals surface area contributed by atoms with Crippen LogP contribution < -0.4 is 11.1 Å². The van der Waals surface area contributed by atoms with E-state index in [2.05, 4.69) is 24.1 Å². The van der Waals surface area contributed by atoms with E-state index in [0.29, 0.717) is 26.3 Å². The molecule has 1 rings (SSSR count). The van der Waals surface area contributed by atoms with Gasteiger partial charge in [0.15, 0.2) is 0 Å². The summed E-state index contributed by atoms with van der Waals surface area (Å²) in [4.78, 5) is 14.2. The third-order valence-corrected chi connectivity index (χ3v) is 3.26. The summed E-state index contributed by atoms with van der Waals surface area (Å²) >= 11 is 0. The van der Waals surface area contributed by atoms with Gasteiger partial charge in [0.2, 0.25) is 5.91 Å². The van der Waals surface area contributed by atoms with E-state index in [1.165, 1.54) is 0 Å². The van der Waals surface area contributed by atoms with Crippen LogP contribution in [0.15, 0.2) is 0 Å². The number of amides is 1. The predicted molar refractivity (Wildman–Crippen MR) is 67.7 cm³/mol. The Bertz CT molecular complexity index is 256. The average Bonchev–Trinajstić information content (AvgIpc) is 2.36. The molecule has 0 radical (unpaired) electrons. The highest BCUT2D eigenvalue weighted by atomic mass is 16.5. The van der Waals surface area contributed by atoms with E-state index in [4.69, 9.17) is 10.5 Å². The number of morpholine rings is 1. The Hall–Kier alpha value is -0.650. The Morgan fingerprint density at radius 1 is 1.59 bits per heavy atom. The fourth-order valence-electron chi connectivity index (χ4n) is 2.03. The zero-order valence-corrected chi connectivity index (χ0v) is 11.2. The number of ether oxygens (including phenoxy) is 1. The molecule has 0 aromatic heterocycles. The highest BCUT2D eigenvalue weighted by Gasteiger charge is 2.37. The van der Waals surface area contributed by atoms with Crippen molar-refractivity contribution in [3.05, 3.63) is 0 Å². The first-order chi connectivity index (χ1) is 8.03. The van der Waals surface area contributed by atoms with Crippen molar-refractivity contribution >= 4 is 5.91 Å². The third-order valence-electron chi connectivity index (χ3n) is 3.26. The Balaban J connectivity index is 2.68. The van der Waals surface area contributed by atoms with Crippen molar-refractivity contribution in [3.8, 4) is 0 Å². The number of rotatable bonds is 5. The average molecular weight is 243 g/mol. The largest absolute Gasteiger partial charge is 0.378 e. The van der Waals surface area contributed by atoms with Gasteiger partial charge in [-0.2, -0.15) is 0 Å². The fourth-order valence-corrected chi connectivity index (χ4v) is 2.03. The Morgan fingerprint density at radius 2 is 2.29 bits per heavy atom. The molecule has 0 spiro atoms. The summed E-state index contributed by atoms with van der Waals surface area (Å²) in [5, 5.41) is 2.93. The summed E-state index contributed by atoms with van der Waals surface area (Å²) in [5.74, 6) is 0.0491. The topological polar surface area (TPSA) is 67.6 Å². The molecule has 1 aliphatic rings. The van der Waals surface area contributed by atoms with Gasteiger partial charge in [-0.05, 0) is 20.3 Å². The van der Waals surface area contributed by atoms with Crippen molar-refractivity contribution in [2.45, 2.75) is 38.8 Å². The molecule has 5 heteroatoms. The van der Waals surface area contributed by atoms with Crippen molar-refractivity contribution < 1.29 is 9.53 Å². The fraction of sp³-hybridized carbons (Fsp3) is 0.917. The van der Waals surface area contributed by atoms with Gasteiger partial charge >= 0.3 is 0 Å².